The number of carbonyl (C=O) groups excluding carboxylic acids is 1. The van der Waals surface area contributed by atoms with Crippen LogP contribution >= 0.6 is 11.6 Å². The molecule has 36 heavy (non-hydrogen) atoms. The Labute approximate surface area is 211 Å². The third-order valence-corrected chi connectivity index (χ3v) is 5.79. The van der Waals surface area contributed by atoms with Crippen LogP contribution < -0.4 is 20.8 Å². The maximum absolute atomic E-state index is 14.8. The van der Waals surface area contributed by atoms with Gasteiger partial charge in [0.25, 0.3) is 5.56 Å². The van der Waals surface area contributed by atoms with Crippen LogP contribution in [0.4, 0.5) is 10.2 Å². The zero-order valence-electron chi connectivity index (χ0n) is 19.6. The quantitative estimate of drug-likeness (QED) is 0.315. The van der Waals surface area contributed by atoms with E-state index in [1.54, 1.807) is 31.3 Å². The first kappa shape index (κ1) is 24.9. The van der Waals surface area contributed by atoms with E-state index in [9.17, 15) is 14.0 Å². The molecule has 0 aliphatic rings. The van der Waals surface area contributed by atoms with Crippen LogP contribution in [0, 0.1) is 12.7 Å². The molecule has 0 spiro atoms. The minimum absolute atomic E-state index is 0.0565. The summed E-state index contributed by atoms with van der Waals surface area (Å²) in [5, 5.41) is 0.0635. The van der Waals surface area contributed by atoms with Crippen molar-refractivity contribution in [1.29, 1.82) is 0 Å². The van der Waals surface area contributed by atoms with E-state index in [0.717, 1.165) is 5.56 Å². The van der Waals surface area contributed by atoms with Crippen molar-refractivity contribution in [1.82, 2.24) is 9.55 Å². The topological polar surface area (TPSA) is 96.4 Å². The van der Waals surface area contributed by atoms with Crippen LogP contribution in [0.3, 0.4) is 0 Å². The monoisotopic (exact) mass is 507 g/mol. The number of aromatic nitrogens is 2. The standard InChI is InChI=1S/C27H23ClFN3O4/c1-3-35-22-11-13-32(18-7-4-16(2)5-8-18)27(34)24(22)20(33)15-17-6-9-21(19(29)14-17)36-23-10-12-31-26(30)25(23)28/h4-14H,3,15H2,1-2H3,(H2,30,31). The van der Waals surface area contributed by atoms with Gasteiger partial charge in [0.05, 0.1) is 6.61 Å². The molecule has 184 valence electrons. The molecule has 0 saturated heterocycles. The summed E-state index contributed by atoms with van der Waals surface area (Å²) >= 11 is 6.06. The highest BCUT2D eigenvalue weighted by atomic mass is 35.5. The van der Waals surface area contributed by atoms with Crippen molar-refractivity contribution in [2.45, 2.75) is 20.3 Å². The van der Waals surface area contributed by atoms with Gasteiger partial charge in [-0.25, -0.2) is 9.37 Å². The predicted molar refractivity (Wildman–Crippen MR) is 136 cm³/mol. The normalized spacial score (nSPS) is 10.8. The molecule has 2 aromatic heterocycles. The Hall–Kier alpha value is -4.17. The van der Waals surface area contributed by atoms with Crippen LogP contribution in [0.1, 0.15) is 28.4 Å². The zero-order valence-corrected chi connectivity index (χ0v) is 20.4. The number of anilines is 1. The fourth-order valence-corrected chi connectivity index (χ4v) is 3.76. The highest BCUT2D eigenvalue weighted by molar-refractivity contribution is 6.34. The van der Waals surface area contributed by atoms with Crippen molar-refractivity contribution in [3.63, 3.8) is 0 Å². The number of ketones is 1. The molecule has 2 aromatic carbocycles. The fraction of sp³-hybridized carbons (Fsp3) is 0.148. The summed E-state index contributed by atoms with van der Waals surface area (Å²) in [6, 6.07) is 14.5. The molecule has 0 aliphatic heterocycles. The number of hydrogen-bond acceptors (Lipinski definition) is 6. The minimum Gasteiger partial charge on any atom is -0.493 e. The van der Waals surface area contributed by atoms with Gasteiger partial charge in [0.1, 0.15) is 22.2 Å². The van der Waals surface area contributed by atoms with Gasteiger partial charge in [-0.1, -0.05) is 35.4 Å². The molecule has 2 heterocycles. The average Bonchev–Trinajstić information content (AvgIpc) is 2.84. The van der Waals surface area contributed by atoms with Crippen LogP contribution in [-0.2, 0) is 6.42 Å². The Morgan fingerprint density at radius 3 is 2.53 bits per heavy atom. The molecule has 0 fully saturated rings. The predicted octanol–water partition coefficient (Wildman–Crippen LogP) is 5.53. The average molecular weight is 508 g/mol. The Morgan fingerprint density at radius 1 is 1.08 bits per heavy atom. The highest BCUT2D eigenvalue weighted by Crippen LogP contribution is 2.33. The lowest BCUT2D eigenvalue weighted by Crippen LogP contribution is -2.27. The van der Waals surface area contributed by atoms with Crippen LogP contribution in [0.25, 0.3) is 5.69 Å². The first-order valence-corrected chi connectivity index (χ1v) is 11.5. The second-order valence-electron chi connectivity index (χ2n) is 7.97. The number of rotatable bonds is 8. The second-order valence-corrected chi connectivity index (χ2v) is 8.35. The van der Waals surface area contributed by atoms with E-state index in [1.807, 2.05) is 19.1 Å². The van der Waals surface area contributed by atoms with Gasteiger partial charge in [-0.3, -0.25) is 14.2 Å². The van der Waals surface area contributed by atoms with E-state index in [4.69, 9.17) is 26.8 Å². The maximum atomic E-state index is 14.8. The molecule has 7 nitrogen and oxygen atoms in total. The molecule has 2 N–H and O–H groups in total. The summed E-state index contributed by atoms with van der Waals surface area (Å²) in [6.45, 7) is 3.98. The summed E-state index contributed by atoms with van der Waals surface area (Å²) in [5.74, 6) is -0.920. The SMILES string of the molecule is CCOc1ccn(-c2ccc(C)cc2)c(=O)c1C(=O)Cc1ccc(Oc2ccnc(N)c2Cl)c(F)c1. The second kappa shape index (κ2) is 10.6. The third-order valence-electron chi connectivity index (χ3n) is 5.41. The van der Waals surface area contributed by atoms with E-state index in [2.05, 4.69) is 4.98 Å². The van der Waals surface area contributed by atoms with Crippen molar-refractivity contribution in [3.8, 4) is 22.9 Å². The van der Waals surface area contributed by atoms with Crippen molar-refractivity contribution in [2.24, 2.45) is 0 Å². The lowest BCUT2D eigenvalue weighted by Gasteiger charge is -2.13. The molecule has 0 radical (unpaired) electrons. The van der Waals surface area contributed by atoms with Crippen LogP contribution in [0.2, 0.25) is 5.02 Å². The summed E-state index contributed by atoms with van der Waals surface area (Å²) in [5.41, 5.74) is 7.06. The van der Waals surface area contributed by atoms with E-state index < -0.39 is 17.2 Å². The van der Waals surface area contributed by atoms with Crippen molar-refractivity contribution < 1.29 is 18.7 Å². The summed E-state index contributed by atoms with van der Waals surface area (Å²) in [4.78, 5) is 30.4. The summed E-state index contributed by atoms with van der Waals surface area (Å²) in [6.07, 6.45) is 2.74. The number of benzene rings is 2. The first-order chi connectivity index (χ1) is 17.3. The smallest absolute Gasteiger partial charge is 0.269 e. The van der Waals surface area contributed by atoms with Gasteiger partial charge in [0, 0.05) is 30.6 Å². The number of halogens is 2. The van der Waals surface area contributed by atoms with Gasteiger partial charge in [0.15, 0.2) is 23.1 Å². The maximum Gasteiger partial charge on any atom is 0.269 e. The van der Waals surface area contributed by atoms with Gasteiger partial charge >= 0.3 is 0 Å². The molecule has 0 aliphatic carbocycles. The molecule has 0 saturated carbocycles. The Morgan fingerprint density at radius 2 is 1.83 bits per heavy atom. The Kier molecular flexibility index (Phi) is 7.36. The summed E-state index contributed by atoms with van der Waals surface area (Å²) in [7, 11) is 0. The minimum atomic E-state index is -0.707. The fourth-order valence-electron chi connectivity index (χ4n) is 3.61. The number of pyridine rings is 2. The highest BCUT2D eigenvalue weighted by Gasteiger charge is 2.21. The van der Waals surface area contributed by atoms with Gasteiger partial charge in [-0.05, 0) is 49.7 Å². The number of aryl methyl sites for hydroxylation is 1. The van der Waals surface area contributed by atoms with E-state index in [-0.39, 0.29) is 46.7 Å². The van der Waals surface area contributed by atoms with Gasteiger partial charge in [-0.15, -0.1) is 0 Å². The molecule has 9 heteroatoms. The van der Waals surface area contributed by atoms with Crippen LogP contribution in [-0.4, -0.2) is 21.9 Å². The largest absolute Gasteiger partial charge is 0.493 e. The number of Topliss-reactive ketones (excluding diaryl/α,β-unsaturated/α-hetero) is 1. The van der Waals surface area contributed by atoms with Gasteiger partial charge in [-0.2, -0.15) is 0 Å². The molecule has 0 atom stereocenters. The first-order valence-electron chi connectivity index (χ1n) is 11.1. The van der Waals surface area contributed by atoms with Crippen molar-refractivity contribution >= 4 is 23.2 Å². The number of nitrogens with zero attached hydrogens (tertiary/aromatic N) is 2. The molecule has 0 bridgehead atoms. The van der Waals surface area contributed by atoms with Crippen molar-refractivity contribution in [2.75, 3.05) is 12.3 Å². The number of carbonyl (C=O) groups is 1. The van der Waals surface area contributed by atoms with Crippen molar-refractivity contribution in [3.05, 3.63) is 105 Å². The molecular weight excluding hydrogens is 485 g/mol. The van der Waals surface area contributed by atoms with Crippen LogP contribution in [0.5, 0.6) is 17.2 Å². The number of hydrogen-bond donors (Lipinski definition) is 1. The number of ether oxygens (including phenoxy) is 2. The Bertz CT molecular complexity index is 1490. The number of nitrogen functional groups attached to an aromatic ring is 1. The zero-order chi connectivity index (χ0) is 25.8. The molecule has 4 rings (SSSR count). The lowest BCUT2D eigenvalue weighted by atomic mass is 10.0. The van der Waals surface area contributed by atoms with Crippen LogP contribution in [0.15, 0.2) is 71.8 Å². The van der Waals surface area contributed by atoms with Gasteiger partial charge < -0.3 is 15.2 Å². The van der Waals surface area contributed by atoms with E-state index in [0.29, 0.717) is 11.3 Å². The molecule has 0 amide bonds. The lowest BCUT2D eigenvalue weighted by molar-refractivity contribution is 0.0987. The molecule has 4 aromatic rings. The summed E-state index contributed by atoms with van der Waals surface area (Å²) < 4.78 is 27.3. The number of nitrogens with two attached hydrogens (primary N) is 1. The Balaban J connectivity index is 1.63. The van der Waals surface area contributed by atoms with E-state index in [1.165, 1.54) is 35.0 Å². The van der Waals surface area contributed by atoms with Gasteiger partial charge in [0.2, 0.25) is 0 Å². The van der Waals surface area contributed by atoms with E-state index >= 15 is 0 Å². The third kappa shape index (κ3) is 5.23. The molecular formula is C27H23ClFN3O4. The molecule has 0 unspecified atom stereocenters.